The fourth-order valence-corrected chi connectivity index (χ4v) is 6.80. The topological polar surface area (TPSA) is 0 Å². The number of hydrogen-bond donors (Lipinski definition) is 0. The van der Waals surface area contributed by atoms with Crippen molar-refractivity contribution in [3.8, 4) is 33.4 Å². The van der Waals surface area contributed by atoms with Gasteiger partial charge in [-0.1, -0.05) is 121 Å². The van der Waals surface area contributed by atoms with E-state index in [1.165, 1.54) is 87.6 Å². The van der Waals surface area contributed by atoms with Crippen molar-refractivity contribution < 1.29 is 0 Å². The van der Waals surface area contributed by atoms with Gasteiger partial charge in [0.25, 0.3) is 0 Å². The van der Waals surface area contributed by atoms with Gasteiger partial charge in [0.1, 0.15) is 0 Å². The molecule has 0 atom stereocenters. The van der Waals surface area contributed by atoms with Gasteiger partial charge >= 0.3 is 0 Å². The Kier molecular flexibility index (Phi) is 5.69. The van der Waals surface area contributed by atoms with Crippen LogP contribution in [0, 0.1) is 13.8 Å². The lowest BCUT2D eigenvalue weighted by molar-refractivity contribution is 1.44. The lowest BCUT2D eigenvalue weighted by atomic mass is 9.88. The van der Waals surface area contributed by atoms with E-state index < -0.39 is 0 Å². The van der Waals surface area contributed by atoms with Gasteiger partial charge in [-0.15, -0.1) is 0 Å². The first-order chi connectivity index (χ1) is 20.6. The molecular weight excluding hydrogens is 504 g/mol. The van der Waals surface area contributed by atoms with Crippen LogP contribution in [0.5, 0.6) is 0 Å². The molecular formula is C42H30. The first-order valence-corrected chi connectivity index (χ1v) is 14.7. The molecule has 0 heterocycles. The Bertz CT molecular complexity index is 2150. The van der Waals surface area contributed by atoms with Crippen LogP contribution in [0.3, 0.4) is 0 Å². The standard InChI is InChI=1S/C42H30/c1-27-19-31(23-33(21-27)41-25-29-11-3-5-13-35(29)37-15-7-9-17-39(37)41)32-20-28(2)22-34(24-32)42-26-30-12-4-6-14-36(30)38-16-8-10-18-40(38)42/h3-26H,1-2H3. The van der Waals surface area contributed by atoms with E-state index in [9.17, 15) is 0 Å². The molecule has 0 aliphatic rings. The minimum absolute atomic E-state index is 1.25. The highest BCUT2D eigenvalue weighted by molar-refractivity contribution is 6.15. The summed E-state index contributed by atoms with van der Waals surface area (Å²) in [5.41, 5.74) is 10.1. The van der Waals surface area contributed by atoms with Crippen LogP contribution in [0.1, 0.15) is 11.1 Å². The van der Waals surface area contributed by atoms with Gasteiger partial charge in [0.2, 0.25) is 0 Å². The van der Waals surface area contributed by atoms with E-state index in [-0.39, 0.29) is 0 Å². The van der Waals surface area contributed by atoms with Crippen LogP contribution in [0.2, 0.25) is 0 Å². The summed E-state index contributed by atoms with van der Waals surface area (Å²) in [6.07, 6.45) is 0. The van der Waals surface area contributed by atoms with Gasteiger partial charge in [-0.25, -0.2) is 0 Å². The summed E-state index contributed by atoms with van der Waals surface area (Å²) < 4.78 is 0. The third-order valence-electron chi connectivity index (χ3n) is 8.65. The van der Waals surface area contributed by atoms with Crippen LogP contribution in [-0.4, -0.2) is 0 Å². The Balaban J connectivity index is 1.33. The highest BCUT2D eigenvalue weighted by Crippen LogP contribution is 2.40. The van der Waals surface area contributed by atoms with Gasteiger partial charge in [0, 0.05) is 0 Å². The van der Waals surface area contributed by atoms with E-state index in [1.54, 1.807) is 0 Å². The molecule has 0 saturated carbocycles. The van der Waals surface area contributed by atoms with Crippen molar-refractivity contribution in [1.82, 2.24) is 0 Å². The van der Waals surface area contributed by atoms with Gasteiger partial charge in [0.15, 0.2) is 0 Å². The summed E-state index contributed by atoms with van der Waals surface area (Å²) in [7, 11) is 0. The Morgan fingerprint density at radius 1 is 0.286 bits per heavy atom. The van der Waals surface area contributed by atoms with Gasteiger partial charge in [-0.2, -0.15) is 0 Å². The van der Waals surface area contributed by atoms with E-state index >= 15 is 0 Å². The van der Waals surface area contributed by atoms with Crippen molar-refractivity contribution in [3.63, 3.8) is 0 Å². The number of benzene rings is 8. The molecule has 0 heteroatoms. The van der Waals surface area contributed by atoms with E-state index in [2.05, 4.69) is 159 Å². The lowest BCUT2D eigenvalue weighted by Gasteiger charge is -2.15. The second-order valence-electron chi connectivity index (χ2n) is 11.6. The number of fused-ring (bicyclic) bond motifs is 6. The SMILES string of the molecule is Cc1cc(-c2cc(C)cc(-c3cc4ccccc4c4ccccc34)c2)cc(-c2cc3ccccc3c3ccccc23)c1. The zero-order valence-corrected chi connectivity index (χ0v) is 23.9. The molecule has 8 aromatic rings. The monoisotopic (exact) mass is 534 g/mol. The molecule has 0 aliphatic carbocycles. The predicted molar refractivity (Wildman–Crippen MR) is 182 cm³/mol. The molecule has 0 amide bonds. The minimum Gasteiger partial charge on any atom is -0.0616 e. The quantitative estimate of drug-likeness (QED) is 0.198. The second kappa shape index (κ2) is 9.72. The Morgan fingerprint density at radius 2 is 0.619 bits per heavy atom. The second-order valence-corrected chi connectivity index (χ2v) is 11.6. The molecule has 0 N–H and O–H groups in total. The minimum atomic E-state index is 1.25. The number of hydrogen-bond acceptors (Lipinski definition) is 0. The number of aryl methyl sites for hydroxylation is 2. The first-order valence-electron chi connectivity index (χ1n) is 14.7. The molecule has 8 aromatic carbocycles. The average Bonchev–Trinajstić information content (AvgIpc) is 3.03. The summed E-state index contributed by atoms with van der Waals surface area (Å²) in [6, 6.07) is 53.8. The van der Waals surface area contributed by atoms with Crippen molar-refractivity contribution in [2.24, 2.45) is 0 Å². The molecule has 0 bridgehead atoms. The molecule has 198 valence electrons. The zero-order chi connectivity index (χ0) is 28.2. The average molecular weight is 535 g/mol. The number of rotatable bonds is 3. The molecule has 0 radical (unpaired) electrons. The van der Waals surface area contributed by atoms with E-state index in [0.29, 0.717) is 0 Å². The third kappa shape index (κ3) is 4.07. The Hall–Kier alpha value is -5.20. The lowest BCUT2D eigenvalue weighted by Crippen LogP contribution is -1.90. The van der Waals surface area contributed by atoms with Crippen LogP contribution in [0.15, 0.2) is 146 Å². The molecule has 42 heavy (non-hydrogen) atoms. The van der Waals surface area contributed by atoms with E-state index in [4.69, 9.17) is 0 Å². The highest BCUT2D eigenvalue weighted by Gasteiger charge is 2.13. The normalized spacial score (nSPS) is 11.6. The maximum absolute atomic E-state index is 2.38. The first kappa shape index (κ1) is 24.6. The summed E-state index contributed by atoms with van der Waals surface area (Å²) >= 11 is 0. The van der Waals surface area contributed by atoms with Crippen LogP contribution in [0.25, 0.3) is 76.5 Å². The maximum atomic E-state index is 2.38. The molecule has 0 aliphatic heterocycles. The van der Waals surface area contributed by atoms with Crippen molar-refractivity contribution in [1.29, 1.82) is 0 Å². The summed E-state index contributed by atoms with van der Waals surface area (Å²) in [6.45, 7) is 4.42. The smallest absolute Gasteiger partial charge is 0.00987 e. The summed E-state index contributed by atoms with van der Waals surface area (Å²) in [4.78, 5) is 0. The molecule has 0 saturated heterocycles. The predicted octanol–water partition coefficient (Wildman–Crippen LogP) is 11.9. The van der Waals surface area contributed by atoms with Crippen molar-refractivity contribution in [2.75, 3.05) is 0 Å². The van der Waals surface area contributed by atoms with E-state index in [1.807, 2.05) is 0 Å². The van der Waals surface area contributed by atoms with Crippen molar-refractivity contribution in [3.05, 3.63) is 157 Å². The molecule has 0 spiro atoms. The zero-order valence-electron chi connectivity index (χ0n) is 23.9. The Labute approximate surface area is 246 Å². The maximum Gasteiger partial charge on any atom is -0.00987 e. The third-order valence-corrected chi connectivity index (χ3v) is 8.65. The molecule has 8 rings (SSSR count). The summed E-state index contributed by atoms with van der Waals surface area (Å²) in [5, 5.41) is 10.3. The van der Waals surface area contributed by atoms with Crippen LogP contribution < -0.4 is 0 Å². The summed E-state index contributed by atoms with van der Waals surface area (Å²) in [5.74, 6) is 0. The van der Waals surface area contributed by atoms with Gasteiger partial charge in [-0.3, -0.25) is 0 Å². The van der Waals surface area contributed by atoms with Crippen LogP contribution in [-0.2, 0) is 0 Å². The molecule has 0 unspecified atom stereocenters. The van der Waals surface area contributed by atoms with Crippen LogP contribution in [0.4, 0.5) is 0 Å². The molecule has 0 aromatic heterocycles. The van der Waals surface area contributed by atoms with Gasteiger partial charge in [0.05, 0.1) is 0 Å². The fraction of sp³-hybridized carbons (Fsp3) is 0.0476. The highest BCUT2D eigenvalue weighted by atomic mass is 14.2. The van der Waals surface area contributed by atoms with Crippen LogP contribution >= 0.6 is 0 Å². The van der Waals surface area contributed by atoms with Gasteiger partial charge in [-0.05, 0) is 126 Å². The fourth-order valence-electron chi connectivity index (χ4n) is 6.80. The largest absolute Gasteiger partial charge is 0.0616 e. The molecule has 0 fully saturated rings. The van der Waals surface area contributed by atoms with Gasteiger partial charge < -0.3 is 0 Å². The van der Waals surface area contributed by atoms with Crippen molar-refractivity contribution >= 4 is 43.1 Å². The Morgan fingerprint density at radius 3 is 1.05 bits per heavy atom. The van der Waals surface area contributed by atoms with E-state index in [0.717, 1.165) is 0 Å². The molecule has 0 nitrogen and oxygen atoms in total. The van der Waals surface area contributed by atoms with Crippen molar-refractivity contribution in [2.45, 2.75) is 13.8 Å².